The van der Waals surface area contributed by atoms with Gasteiger partial charge in [-0.05, 0) is 6.42 Å². The molecule has 0 saturated carbocycles. The first-order chi connectivity index (χ1) is 6.24. The second-order valence-electron chi connectivity index (χ2n) is 3.24. The predicted molar refractivity (Wildman–Crippen MR) is 60.2 cm³/mol. The first-order valence-electron chi connectivity index (χ1n) is 4.27. The Balaban J connectivity index is -0.000000240. The first-order valence-corrected chi connectivity index (χ1v) is 4.27. The van der Waals surface area contributed by atoms with E-state index in [0.717, 1.165) is 6.42 Å². The number of allylic oxidation sites excluding steroid dienone is 1. The first kappa shape index (κ1) is 25.5. The van der Waals surface area contributed by atoms with Crippen LogP contribution in [0.15, 0.2) is 12.7 Å². The van der Waals surface area contributed by atoms with Crippen molar-refractivity contribution in [3.05, 3.63) is 12.7 Å². The minimum Gasteiger partial charge on any atom is -1.00 e. The number of methoxy groups -OCH3 is 2. The van der Waals surface area contributed by atoms with E-state index in [1.165, 1.54) is 0 Å². The van der Waals surface area contributed by atoms with Gasteiger partial charge >= 0.3 is 0 Å². The summed E-state index contributed by atoms with van der Waals surface area (Å²) < 4.78 is 10.3. The molecular weight excluding hydrogens is 350 g/mol. The van der Waals surface area contributed by atoms with Crippen LogP contribution in [-0.4, -0.2) is 53.3 Å². The maximum atomic E-state index is 5.31. The normalized spacial score (nSPS) is 8.81. The summed E-state index contributed by atoms with van der Waals surface area (Å²) in [6.45, 7) is 4.93. The molecule has 0 fully saturated rings. The third kappa shape index (κ3) is 9.87. The van der Waals surface area contributed by atoms with E-state index in [2.05, 4.69) is 12.5 Å². The standard InChI is InChI=1S/C11H18O2.2ClH.In/c1-5-7-11(8-6-2,9-12-3)10-13-4;;;/h1,6H,2,7-10H2,3-4H3;2*1H;/p-2. The minimum absolute atomic E-state index is 0. The molecule has 0 aliphatic rings. The molecule has 0 saturated heterocycles. The Morgan fingerprint density at radius 2 is 1.69 bits per heavy atom. The zero-order chi connectivity index (χ0) is 10.2. The van der Waals surface area contributed by atoms with Crippen molar-refractivity contribution in [2.75, 3.05) is 27.4 Å². The molecule has 2 nitrogen and oxygen atoms in total. The van der Waals surface area contributed by atoms with E-state index in [-0.39, 0.29) is 56.1 Å². The maximum absolute atomic E-state index is 5.31. The van der Waals surface area contributed by atoms with Crippen molar-refractivity contribution in [1.82, 2.24) is 0 Å². The molecule has 0 bridgehead atoms. The fourth-order valence-corrected chi connectivity index (χ4v) is 1.47. The van der Waals surface area contributed by atoms with Crippen LogP contribution < -0.4 is 24.8 Å². The molecule has 0 aliphatic heterocycles. The van der Waals surface area contributed by atoms with Crippen molar-refractivity contribution in [3.8, 4) is 12.3 Å². The molecule has 0 heterocycles. The quantitative estimate of drug-likeness (QED) is 0.333. The average molecular weight is 368 g/mol. The fourth-order valence-electron chi connectivity index (χ4n) is 1.47. The molecule has 0 amide bonds. The smallest absolute Gasteiger partial charge is 0.0552 e. The van der Waals surface area contributed by atoms with Crippen LogP contribution in [-0.2, 0) is 9.47 Å². The SMILES string of the molecule is C#CCC(CC=C)(COC)COC.[Cl-].[Cl-].[In]. The number of ether oxygens (including phenoxy) is 2. The zero-order valence-corrected chi connectivity index (χ0v) is 14.6. The summed E-state index contributed by atoms with van der Waals surface area (Å²) in [5.41, 5.74) is -0.0972. The van der Waals surface area contributed by atoms with Crippen LogP contribution >= 0.6 is 0 Å². The Hall–Kier alpha value is 0.670. The molecule has 0 aliphatic carbocycles. The van der Waals surface area contributed by atoms with E-state index < -0.39 is 0 Å². The summed E-state index contributed by atoms with van der Waals surface area (Å²) in [7, 11) is 3.34. The topological polar surface area (TPSA) is 18.5 Å². The van der Waals surface area contributed by atoms with Gasteiger partial charge in [-0.25, -0.2) is 0 Å². The summed E-state index contributed by atoms with van der Waals surface area (Å²) in [5, 5.41) is 0. The Bertz CT molecular complexity index is 187. The summed E-state index contributed by atoms with van der Waals surface area (Å²) in [6, 6.07) is 0. The molecular formula is C11H18Cl2InO2-2. The molecule has 0 atom stereocenters. The van der Waals surface area contributed by atoms with Gasteiger partial charge < -0.3 is 34.3 Å². The van der Waals surface area contributed by atoms with Crippen LogP contribution in [0.5, 0.6) is 0 Å². The number of rotatable bonds is 7. The van der Waals surface area contributed by atoms with Crippen LogP contribution in [0.25, 0.3) is 0 Å². The van der Waals surface area contributed by atoms with Gasteiger partial charge in [0.15, 0.2) is 0 Å². The van der Waals surface area contributed by atoms with Crippen LogP contribution in [0, 0.1) is 17.8 Å². The van der Waals surface area contributed by atoms with Crippen molar-refractivity contribution < 1.29 is 34.3 Å². The number of hydrogen-bond acceptors (Lipinski definition) is 2. The Morgan fingerprint density at radius 3 is 1.94 bits per heavy atom. The average Bonchev–Trinajstić information content (AvgIpc) is 2.06. The van der Waals surface area contributed by atoms with E-state index in [1.54, 1.807) is 14.2 Å². The van der Waals surface area contributed by atoms with Gasteiger partial charge in [-0.3, -0.25) is 0 Å². The molecule has 0 aromatic carbocycles. The van der Waals surface area contributed by atoms with Gasteiger partial charge in [0, 0.05) is 51.9 Å². The third-order valence-corrected chi connectivity index (χ3v) is 1.96. The second-order valence-corrected chi connectivity index (χ2v) is 3.24. The maximum Gasteiger partial charge on any atom is 0.0552 e. The molecule has 16 heavy (non-hydrogen) atoms. The van der Waals surface area contributed by atoms with Gasteiger partial charge in [0.25, 0.3) is 0 Å². The van der Waals surface area contributed by atoms with Gasteiger partial charge in [-0.1, -0.05) is 6.08 Å². The van der Waals surface area contributed by atoms with Crippen molar-refractivity contribution in [2.24, 2.45) is 5.41 Å². The number of hydrogen-bond donors (Lipinski definition) is 0. The van der Waals surface area contributed by atoms with Gasteiger partial charge in [0.2, 0.25) is 0 Å². The number of terminal acetylenes is 1. The van der Waals surface area contributed by atoms with Crippen molar-refractivity contribution in [3.63, 3.8) is 0 Å². The van der Waals surface area contributed by atoms with E-state index in [9.17, 15) is 0 Å². The van der Waals surface area contributed by atoms with Crippen molar-refractivity contribution >= 4 is 25.8 Å². The minimum atomic E-state index is -0.0972. The zero-order valence-electron chi connectivity index (χ0n) is 9.84. The molecule has 0 rings (SSSR count). The molecule has 5 heteroatoms. The van der Waals surface area contributed by atoms with Gasteiger partial charge in [0.05, 0.1) is 13.2 Å². The van der Waals surface area contributed by atoms with Gasteiger partial charge in [0.1, 0.15) is 0 Å². The largest absolute Gasteiger partial charge is 1.00 e. The molecule has 0 aromatic rings. The fraction of sp³-hybridized carbons (Fsp3) is 0.636. The second kappa shape index (κ2) is 15.7. The molecule has 0 unspecified atom stereocenters. The van der Waals surface area contributed by atoms with Crippen molar-refractivity contribution in [2.45, 2.75) is 12.8 Å². The van der Waals surface area contributed by atoms with Crippen LogP contribution in [0.2, 0.25) is 0 Å². The molecule has 0 aromatic heterocycles. The van der Waals surface area contributed by atoms with E-state index in [1.807, 2.05) is 6.08 Å². The molecule has 0 spiro atoms. The molecule has 0 N–H and O–H groups in total. The summed E-state index contributed by atoms with van der Waals surface area (Å²) in [6.07, 6.45) is 8.64. The van der Waals surface area contributed by atoms with Crippen molar-refractivity contribution in [1.29, 1.82) is 0 Å². The summed E-state index contributed by atoms with van der Waals surface area (Å²) in [4.78, 5) is 0. The predicted octanol–water partition coefficient (Wildman–Crippen LogP) is -4.51. The Morgan fingerprint density at radius 1 is 1.25 bits per heavy atom. The molecule has 3 radical (unpaired) electrons. The van der Waals surface area contributed by atoms with E-state index in [4.69, 9.17) is 15.9 Å². The third-order valence-electron chi connectivity index (χ3n) is 1.96. The van der Waals surface area contributed by atoms with E-state index in [0.29, 0.717) is 19.6 Å². The van der Waals surface area contributed by atoms with Crippen LogP contribution in [0.1, 0.15) is 12.8 Å². The summed E-state index contributed by atoms with van der Waals surface area (Å²) in [5.74, 6) is 2.66. The van der Waals surface area contributed by atoms with Gasteiger partial charge in [-0.2, -0.15) is 0 Å². The number of halogens is 2. The molecule has 93 valence electrons. The monoisotopic (exact) mass is 367 g/mol. The Labute approximate surface area is 130 Å². The van der Waals surface area contributed by atoms with Crippen LogP contribution in [0.4, 0.5) is 0 Å². The Kier molecular flexibility index (Phi) is 25.0. The van der Waals surface area contributed by atoms with Gasteiger partial charge in [-0.15, -0.1) is 18.9 Å². The summed E-state index contributed by atoms with van der Waals surface area (Å²) >= 11 is 0. The van der Waals surface area contributed by atoms with E-state index >= 15 is 0 Å². The van der Waals surface area contributed by atoms with Crippen LogP contribution in [0.3, 0.4) is 0 Å².